The maximum absolute atomic E-state index is 8.09. The molecule has 2 aliphatic rings. The standard InChI is InChI=1S/C25H35N5/c1-18(2)21-12-14-22(15-13-21)24(29-16-7-5-6-8-17-29)25-26-27-28-30(25)23-19(3)10-9-11-20(23)4/h9-11,14,21,24H,1,5-8,12-13,15-17H2,2-4H3/t21-,24?/m1/s1/i3D3. The van der Waals surface area contributed by atoms with E-state index in [0.717, 1.165) is 56.6 Å². The monoisotopic (exact) mass is 408 g/mol. The maximum atomic E-state index is 8.09. The first-order valence-electron chi connectivity index (χ1n) is 12.7. The third-order valence-corrected chi connectivity index (χ3v) is 6.69. The van der Waals surface area contributed by atoms with Crippen LogP contribution in [-0.4, -0.2) is 38.2 Å². The van der Waals surface area contributed by atoms with Crippen molar-refractivity contribution >= 4 is 0 Å². The number of likely N-dealkylation sites (tertiary alicyclic amines) is 1. The van der Waals surface area contributed by atoms with E-state index in [0.29, 0.717) is 11.6 Å². The van der Waals surface area contributed by atoms with E-state index in [9.17, 15) is 0 Å². The molecule has 0 N–H and O–H groups in total. The Bertz CT molecular complexity index is 1020. The Labute approximate surface area is 185 Å². The van der Waals surface area contributed by atoms with E-state index in [4.69, 9.17) is 4.11 Å². The smallest absolute Gasteiger partial charge is 0.177 e. The third-order valence-electron chi connectivity index (χ3n) is 6.69. The fraction of sp³-hybridized carbons (Fsp3) is 0.560. The highest BCUT2D eigenvalue weighted by atomic mass is 15.6. The van der Waals surface area contributed by atoms with Crippen molar-refractivity contribution in [2.75, 3.05) is 13.1 Å². The van der Waals surface area contributed by atoms with Gasteiger partial charge in [-0.1, -0.05) is 49.3 Å². The molecule has 30 heavy (non-hydrogen) atoms. The van der Waals surface area contributed by atoms with Crippen molar-refractivity contribution in [3.63, 3.8) is 0 Å². The summed E-state index contributed by atoms with van der Waals surface area (Å²) < 4.78 is 26.0. The zero-order chi connectivity index (χ0) is 23.6. The molecule has 0 spiro atoms. The molecule has 1 aliphatic heterocycles. The predicted octanol–water partition coefficient (Wildman–Crippen LogP) is 5.50. The van der Waals surface area contributed by atoms with E-state index < -0.39 is 6.85 Å². The summed E-state index contributed by atoms with van der Waals surface area (Å²) in [5, 5.41) is 12.9. The van der Waals surface area contributed by atoms with Crippen LogP contribution in [0.3, 0.4) is 0 Å². The van der Waals surface area contributed by atoms with Crippen LogP contribution in [0.5, 0.6) is 0 Å². The number of benzene rings is 1. The molecule has 2 aromatic rings. The molecule has 0 saturated carbocycles. The second-order valence-electron chi connectivity index (χ2n) is 8.87. The van der Waals surface area contributed by atoms with Crippen molar-refractivity contribution in [3.8, 4) is 5.69 Å². The summed E-state index contributed by atoms with van der Waals surface area (Å²) in [5.74, 6) is 1.24. The van der Waals surface area contributed by atoms with Gasteiger partial charge in [0.05, 0.1) is 11.7 Å². The Morgan fingerprint density at radius 3 is 2.63 bits per heavy atom. The summed E-state index contributed by atoms with van der Waals surface area (Å²) in [6.07, 6.45) is 10.2. The second-order valence-corrected chi connectivity index (χ2v) is 8.87. The van der Waals surface area contributed by atoms with Crippen LogP contribution >= 0.6 is 0 Å². The van der Waals surface area contributed by atoms with Crippen LogP contribution in [0.4, 0.5) is 0 Å². The van der Waals surface area contributed by atoms with Gasteiger partial charge in [-0.15, -0.1) is 5.10 Å². The van der Waals surface area contributed by atoms with Crippen molar-refractivity contribution in [1.82, 2.24) is 25.1 Å². The van der Waals surface area contributed by atoms with Crippen molar-refractivity contribution in [2.24, 2.45) is 5.92 Å². The minimum Gasteiger partial charge on any atom is -0.290 e. The van der Waals surface area contributed by atoms with E-state index in [1.54, 1.807) is 16.8 Å². The van der Waals surface area contributed by atoms with Gasteiger partial charge in [-0.3, -0.25) is 4.90 Å². The number of tetrazole rings is 1. The Kier molecular flexibility index (Phi) is 5.37. The minimum atomic E-state index is -2.25. The van der Waals surface area contributed by atoms with E-state index in [1.165, 1.54) is 24.0 Å². The molecule has 5 nitrogen and oxygen atoms in total. The molecule has 2 heterocycles. The molecule has 5 heteroatoms. The zero-order valence-corrected chi connectivity index (χ0v) is 18.3. The molecule has 1 fully saturated rings. The topological polar surface area (TPSA) is 46.8 Å². The number of aryl methyl sites for hydroxylation is 2. The Morgan fingerprint density at radius 2 is 1.97 bits per heavy atom. The van der Waals surface area contributed by atoms with Crippen LogP contribution < -0.4 is 0 Å². The zero-order valence-electron chi connectivity index (χ0n) is 21.3. The molecule has 4 rings (SSSR count). The van der Waals surface area contributed by atoms with E-state index in [1.807, 2.05) is 13.0 Å². The van der Waals surface area contributed by atoms with Crippen molar-refractivity contribution in [3.05, 3.63) is 59.0 Å². The molecule has 1 aromatic heterocycles. The van der Waals surface area contributed by atoms with Gasteiger partial charge in [0.15, 0.2) is 5.82 Å². The van der Waals surface area contributed by atoms with Gasteiger partial charge >= 0.3 is 0 Å². The summed E-state index contributed by atoms with van der Waals surface area (Å²) >= 11 is 0. The van der Waals surface area contributed by atoms with Crippen LogP contribution in [0.1, 0.15) is 79.0 Å². The highest BCUT2D eigenvalue weighted by molar-refractivity contribution is 5.47. The number of para-hydroxylation sites is 1. The number of allylic oxidation sites excluding steroid dienone is 2. The lowest BCUT2D eigenvalue weighted by molar-refractivity contribution is 0.214. The third kappa shape index (κ3) is 4.27. The quantitative estimate of drug-likeness (QED) is 0.613. The van der Waals surface area contributed by atoms with Gasteiger partial charge in [0.1, 0.15) is 0 Å². The van der Waals surface area contributed by atoms with Gasteiger partial charge in [0, 0.05) is 4.11 Å². The van der Waals surface area contributed by atoms with Crippen LogP contribution in [0, 0.1) is 19.7 Å². The van der Waals surface area contributed by atoms with Gasteiger partial charge in [-0.2, -0.15) is 4.68 Å². The van der Waals surface area contributed by atoms with Gasteiger partial charge in [-0.25, -0.2) is 0 Å². The number of rotatable bonds is 5. The molecule has 0 bridgehead atoms. The first kappa shape index (κ1) is 17.4. The van der Waals surface area contributed by atoms with Gasteiger partial charge in [0.2, 0.25) is 0 Å². The van der Waals surface area contributed by atoms with E-state index in [2.05, 4.69) is 40.0 Å². The summed E-state index contributed by atoms with van der Waals surface area (Å²) in [6, 6.07) is 5.33. The maximum Gasteiger partial charge on any atom is 0.177 e. The number of hydrogen-bond donors (Lipinski definition) is 0. The fourth-order valence-corrected chi connectivity index (χ4v) is 4.93. The normalized spacial score (nSPS) is 23.6. The molecule has 2 atom stereocenters. The number of hydrogen-bond acceptors (Lipinski definition) is 4. The summed E-state index contributed by atoms with van der Waals surface area (Å²) in [4.78, 5) is 2.51. The van der Waals surface area contributed by atoms with E-state index >= 15 is 0 Å². The highest BCUT2D eigenvalue weighted by Crippen LogP contribution is 2.38. The summed E-state index contributed by atoms with van der Waals surface area (Å²) in [5.41, 5.74) is 4.30. The molecule has 1 aromatic carbocycles. The Hall–Kier alpha value is -2.27. The van der Waals surface area contributed by atoms with Crippen molar-refractivity contribution < 1.29 is 4.11 Å². The Balaban J connectivity index is 1.81. The predicted molar refractivity (Wildman–Crippen MR) is 122 cm³/mol. The number of nitrogens with zero attached hydrogens (tertiary/aromatic N) is 5. The average molecular weight is 409 g/mol. The highest BCUT2D eigenvalue weighted by Gasteiger charge is 2.32. The molecular weight excluding hydrogens is 370 g/mol. The average Bonchev–Trinajstić information content (AvgIpc) is 3.07. The van der Waals surface area contributed by atoms with Crippen molar-refractivity contribution in [2.45, 2.75) is 71.7 Å². The lowest BCUT2D eigenvalue weighted by atomic mass is 9.82. The Morgan fingerprint density at radius 1 is 1.20 bits per heavy atom. The largest absolute Gasteiger partial charge is 0.290 e. The summed E-state index contributed by atoms with van der Waals surface area (Å²) in [7, 11) is 0. The lowest BCUT2D eigenvalue weighted by Crippen LogP contribution is -2.34. The van der Waals surface area contributed by atoms with Crippen molar-refractivity contribution in [1.29, 1.82) is 0 Å². The van der Waals surface area contributed by atoms with Gasteiger partial charge in [0.25, 0.3) is 0 Å². The molecule has 1 saturated heterocycles. The van der Waals surface area contributed by atoms with Gasteiger partial charge in [-0.05, 0) is 98.9 Å². The molecule has 0 amide bonds. The molecule has 0 radical (unpaired) electrons. The molecule has 1 aliphatic carbocycles. The first-order valence-corrected chi connectivity index (χ1v) is 11.2. The summed E-state index contributed by atoms with van der Waals surface area (Å²) in [6.45, 7) is 7.96. The van der Waals surface area contributed by atoms with Crippen LogP contribution in [0.25, 0.3) is 5.69 Å². The minimum absolute atomic E-state index is 0.0479. The van der Waals surface area contributed by atoms with Gasteiger partial charge < -0.3 is 0 Å². The number of aromatic nitrogens is 4. The van der Waals surface area contributed by atoms with E-state index in [-0.39, 0.29) is 11.6 Å². The first-order chi connectivity index (χ1) is 15.8. The second kappa shape index (κ2) is 9.25. The molecular formula is C25H35N5. The van der Waals surface area contributed by atoms with Crippen LogP contribution in [-0.2, 0) is 0 Å². The van der Waals surface area contributed by atoms with Crippen LogP contribution in [0.15, 0.2) is 42.0 Å². The SMILES string of the molecule is [2H]C([2H])([2H])c1cccc(C)c1-n1nnnc1C(C1=CC[C@@H](C(=C)C)CC1)N1CCCCCC1. The fourth-order valence-electron chi connectivity index (χ4n) is 4.93. The molecule has 1 unspecified atom stereocenters. The van der Waals surface area contributed by atoms with Crippen LogP contribution in [0.2, 0.25) is 0 Å². The molecule has 160 valence electrons. The lowest BCUT2D eigenvalue weighted by Gasteiger charge is -2.34.